The molecule has 0 aromatic rings. The molecule has 0 bridgehead atoms. The molecule has 0 radical (unpaired) electrons. The Balaban J connectivity index is 2.47. The Morgan fingerprint density at radius 3 is 2.25 bits per heavy atom. The Bertz CT molecular complexity index is 131. The Kier molecular flexibility index (Phi) is 3.57. The normalized spacial score (nSPS) is 33.8. The molecule has 12 heavy (non-hydrogen) atoms. The Labute approximate surface area is 76.2 Å². The quantitative estimate of drug-likeness (QED) is 0.675. The van der Waals surface area contributed by atoms with Crippen molar-refractivity contribution >= 4 is 0 Å². The summed E-state index contributed by atoms with van der Waals surface area (Å²) < 4.78 is 0. The summed E-state index contributed by atoms with van der Waals surface area (Å²) >= 11 is 0. The summed E-state index contributed by atoms with van der Waals surface area (Å²) in [5.74, 6) is 1.73. The number of aliphatic hydroxyl groups excluding tert-OH is 1. The van der Waals surface area contributed by atoms with Crippen molar-refractivity contribution in [1.29, 1.82) is 0 Å². The first-order chi connectivity index (χ1) is 5.63. The fourth-order valence-corrected chi connectivity index (χ4v) is 2.35. The number of rotatable bonds is 2. The molecule has 0 aromatic heterocycles. The van der Waals surface area contributed by atoms with Crippen LogP contribution in [0.25, 0.3) is 0 Å². The van der Waals surface area contributed by atoms with E-state index in [4.69, 9.17) is 0 Å². The molecule has 3 atom stereocenters. The maximum atomic E-state index is 9.92. The summed E-state index contributed by atoms with van der Waals surface area (Å²) in [7, 11) is 0. The molecule has 0 saturated heterocycles. The SMILES string of the molecule is CC(C)C(O)C1CCCCC1C. The fraction of sp³-hybridized carbons (Fsp3) is 1.00. The van der Waals surface area contributed by atoms with Crippen LogP contribution >= 0.6 is 0 Å². The second kappa shape index (κ2) is 4.27. The van der Waals surface area contributed by atoms with Crippen molar-refractivity contribution in [3.8, 4) is 0 Å². The van der Waals surface area contributed by atoms with Gasteiger partial charge in [0.1, 0.15) is 0 Å². The zero-order valence-electron chi connectivity index (χ0n) is 8.59. The first kappa shape index (κ1) is 10.0. The molecule has 1 heteroatoms. The molecule has 1 N–H and O–H groups in total. The van der Waals surface area contributed by atoms with E-state index in [1.54, 1.807) is 0 Å². The smallest absolute Gasteiger partial charge is 0.0593 e. The summed E-state index contributed by atoms with van der Waals surface area (Å²) in [4.78, 5) is 0. The molecule has 72 valence electrons. The molecule has 1 aliphatic carbocycles. The summed E-state index contributed by atoms with van der Waals surface area (Å²) in [6.07, 6.45) is 5.16. The average molecular weight is 170 g/mol. The highest BCUT2D eigenvalue weighted by atomic mass is 16.3. The maximum Gasteiger partial charge on any atom is 0.0593 e. The zero-order valence-corrected chi connectivity index (χ0v) is 8.59. The van der Waals surface area contributed by atoms with Crippen molar-refractivity contribution in [1.82, 2.24) is 0 Å². The van der Waals surface area contributed by atoms with E-state index in [1.807, 2.05) is 0 Å². The third-order valence-corrected chi connectivity index (χ3v) is 3.30. The molecule has 1 saturated carbocycles. The lowest BCUT2D eigenvalue weighted by molar-refractivity contribution is 0.0203. The molecule has 1 aliphatic rings. The monoisotopic (exact) mass is 170 g/mol. The predicted molar refractivity (Wildman–Crippen MR) is 52.0 cm³/mol. The first-order valence-electron chi connectivity index (χ1n) is 5.31. The van der Waals surface area contributed by atoms with Crippen LogP contribution in [0.2, 0.25) is 0 Å². The lowest BCUT2D eigenvalue weighted by Crippen LogP contribution is -2.32. The van der Waals surface area contributed by atoms with Gasteiger partial charge in [0, 0.05) is 0 Å². The zero-order chi connectivity index (χ0) is 9.14. The molecule has 1 fully saturated rings. The second-order valence-electron chi connectivity index (χ2n) is 4.66. The Hall–Kier alpha value is -0.0400. The van der Waals surface area contributed by atoms with Crippen LogP contribution in [-0.2, 0) is 0 Å². The van der Waals surface area contributed by atoms with E-state index in [9.17, 15) is 5.11 Å². The van der Waals surface area contributed by atoms with E-state index in [2.05, 4.69) is 20.8 Å². The van der Waals surface area contributed by atoms with Crippen molar-refractivity contribution in [2.75, 3.05) is 0 Å². The largest absolute Gasteiger partial charge is 0.393 e. The van der Waals surface area contributed by atoms with Crippen molar-refractivity contribution in [2.45, 2.75) is 52.6 Å². The van der Waals surface area contributed by atoms with E-state index in [-0.39, 0.29) is 6.10 Å². The van der Waals surface area contributed by atoms with E-state index >= 15 is 0 Å². The topological polar surface area (TPSA) is 20.2 Å². The minimum absolute atomic E-state index is 0.0692. The molecule has 0 heterocycles. The lowest BCUT2D eigenvalue weighted by Gasteiger charge is -2.34. The molecular formula is C11H22O. The van der Waals surface area contributed by atoms with Crippen LogP contribution in [0.3, 0.4) is 0 Å². The third-order valence-electron chi connectivity index (χ3n) is 3.30. The van der Waals surface area contributed by atoms with Gasteiger partial charge in [0.05, 0.1) is 6.10 Å². The van der Waals surface area contributed by atoms with Crippen LogP contribution in [-0.4, -0.2) is 11.2 Å². The second-order valence-corrected chi connectivity index (χ2v) is 4.66. The molecule has 1 nitrogen and oxygen atoms in total. The molecule has 1 rings (SSSR count). The Morgan fingerprint density at radius 2 is 1.75 bits per heavy atom. The molecule has 0 spiro atoms. The van der Waals surface area contributed by atoms with Crippen molar-refractivity contribution in [3.05, 3.63) is 0 Å². The summed E-state index contributed by atoms with van der Waals surface area (Å²) in [5, 5.41) is 9.92. The summed E-state index contributed by atoms with van der Waals surface area (Å²) in [5.41, 5.74) is 0. The van der Waals surface area contributed by atoms with E-state index in [0.717, 1.165) is 5.92 Å². The molecule has 3 unspecified atom stereocenters. The number of aliphatic hydroxyl groups is 1. The van der Waals surface area contributed by atoms with Crippen molar-refractivity contribution in [3.63, 3.8) is 0 Å². The molecule has 0 amide bonds. The van der Waals surface area contributed by atoms with Crippen LogP contribution < -0.4 is 0 Å². The van der Waals surface area contributed by atoms with Gasteiger partial charge in [-0.3, -0.25) is 0 Å². The highest BCUT2D eigenvalue weighted by Gasteiger charge is 2.29. The van der Waals surface area contributed by atoms with Crippen molar-refractivity contribution < 1.29 is 5.11 Å². The van der Waals surface area contributed by atoms with Gasteiger partial charge in [0.2, 0.25) is 0 Å². The first-order valence-corrected chi connectivity index (χ1v) is 5.31. The van der Waals surface area contributed by atoms with Crippen LogP contribution in [0.5, 0.6) is 0 Å². The van der Waals surface area contributed by atoms with Crippen LogP contribution in [0, 0.1) is 17.8 Å². The van der Waals surface area contributed by atoms with Gasteiger partial charge in [-0.25, -0.2) is 0 Å². The number of hydrogen-bond donors (Lipinski definition) is 1. The lowest BCUT2D eigenvalue weighted by atomic mass is 9.75. The maximum absolute atomic E-state index is 9.92. The van der Waals surface area contributed by atoms with Gasteiger partial charge in [-0.15, -0.1) is 0 Å². The standard InChI is InChI=1S/C11H22O/c1-8(2)11(12)10-7-5-4-6-9(10)3/h8-12H,4-7H2,1-3H3. The van der Waals surface area contributed by atoms with Crippen molar-refractivity contribution in [2.24, 2.45) is 17.8 Å². The fourth-order valence-electron chi connectivity index (χ4n) is 2.35. The molecule has 0 aliphatic heterocycles. The molecule has 0 aromatic carbocycles. The van der Waals surface area contributed by atoms with Gasteiger partial charge < -0.3 is 5.11 Å². The van der Waals surface area contributed by atoms with Gasteiger partial charge in [-0.2, -0.15) is 0 Å². The van der Waals surface area contributed by atoms with Gasteiger partial charge in [0.15, 0.2) is 0 Å². The van der Waals surface area contributed by atoms with Gasteiger partial charge >= 0.3 is 0 Å². The highest BCUT2D eigenvalue weighted by molar-refractivity contribution is 4.79. The Morgan fingerprint density at radius 1 is 1.17 bits per heavy atom. The summed E-state index contributed by atoms with van der Waals surface area (Å²) in [6, 6.07) is 0. The van der Waals surface area contributed by atoms with E-state index < -0.39 is 0 Å². The van der Waals surface area contributed by atoms with Crippen LogP contribution in [0.1, 0.15) is 46.5 Å². The van der Waals surface area contributed by atoms with Gasteiger partial charge in [-0.1, -0.05) is 40.0 Å². The highest BCUT2D eigenvalue weighted by Crippen LogP contribution is 2.34. The minimum Gasteiger partial charge on any atom is -0.393 e. The van der Waals surface area contributed by atoms with Gasteiger partial charge in [-0.05, 0) is 24.2 Å². The summed E-state index contributed by atoms with van der Waals surface area (Å²) in [6.45, 7) is 6.52. The van der Waals surface area contributed by atoms with E-state index in [1.165, 1.54) is 25.7 Å². The average Bonchev–Trinajstić information content (AvgIpc) is 2.04. The predicted octanol–water partition coefficient (Wildman–Crippen LogP) is 2.83. The van der Waals surface area contributed by atoms with E-state index in [0.29, 0.717) is 11.8 Å². The van der Waals surface area contributed by atoms with Crippen LogP contribution in [0.15, 0.2) is 0 Å². The molecular weight excluding hydrogens is 148 g/mol. The van der Waals surface area contributed by atoms with Crippen LogP contribution in [0.4, 0.5) is 0 Å². The van der Waals surface area contributed by atoms with Gasteiger partial charge in [0.25, 0.3) is 0 Å². The minimum atomic E-state index is -0.0692. The third kappa shape index (κ3) is 2.22. The number of hydrogen-bond acceptors (Lipinski definition) is 1.